The summed E-state index contributed by atoms with van der Waals surface area (Å²) in [7, 11) is 1.49. The van der Waals surface area contributed by atoms with Gasteiger partial charge in [-0.1, -0.05) is 30.3 Å². The van der Waals surface area contributed by atoms with Crippen molar-refractivity contribution in [2.75, 3.05) is 30.0 Å². The second-order valence-corrected chi connectivity index (χ2v) is 7.93. The fourth-order valence-corrected chi connectivity index (χ4v) is 4.81. The van der Waals surface area contributed by atoms with Gasteiger partial charge in [0.05, 0.1) is 11.3 Å². The van der Waals surface area contributed by atoms with Crippen molar-refractivity contribution in [3.8, 4) is 0 Å². The Bertz CT molecular complexity index is 1130. The summed E-state index contributed by atoms with van der Waals surface area (Å²) in [5, 5.41) is 0. The van der Waals surface area contributed by atoms with Crippen LogP contribution in [0.1, 0.15) is 28.8 Å². The SMILES string of the molecule is CN1C(=O)c2ccccc2N2C(=O)CC[C@]12C(=O)OCC(=O)N1CCc2ccccc21. The van der Waals surface area contributed by atoms with Crippen molar-refractivity contribution < 1.29 is 23.9 Å². The number of fused-ring (bicyclic) bond motifs is 4. The number of esters is 1. The van der Waals surface area contributed by atoms with Gasteiger partial charge in [0.1, 0.15) is 0 Å². The van der Waals surface area contributed by atoms with Gasteiger partial charge >= 0.3 is 5.97 Å². The number of benzene rings is 2. The zero-order valence-electron chi connectivity index (χ0n) is 17.0. The van der Waals surface area contributed by atoms with Gasteiger partial charge in [0.15, 0.2) is 6.61 Å². The van der Waals surface area contributed by atoms with Gasteiger partial charge in [-0.15, -0.1) is 0 Å². The third-order valence-electron chi connectivity index (χ3n) is 6.38. The van der Waals surface area contributed by atoms with Crippen LogP contribution in [-0.4, -0.2) is 54.5 Å². The van der Waals surface area contributed by atoms with Crippen molar-refractivity contribution in [2.24, 2.45) is 0 Å². The van der Waals surface area contributed by atoms with E-state index in [9.17, 15) is 19.2 Å². The predicted molar refractivity (Wildman–Crippen MR) is 111 cm³/mol. The summed E-state index contributed by atoms with van der Waals surface area (Å²) in [6, 6.07) is 14.3. The Morgan fingerprint density at radius 3 is 2.52 bits per heavy atom. The van der Waals surface area contributed by atoms with Gasteiger partial charge in [-0.3, -0.25) is 19.3 Å². The van der Waals surface area contributed by atoms with Gasteiger partial charge in [-0.25, -0.2) is 4.79 Å². The second kappa shape index (κ2) is 6.94. The van der Waals surface area contributed by atoms with Crippen LogP contribution in [0.4, 0.5) is 11.4 Å². The lowest BCUT2D eigenvalue weighted by atomic mass is 9.97. The fourth-order valence-electron chi connectivity index (χ4n) is 4.81. The lowest BCUT2D eigenvalue weighted by molar-refractivity contribution is -0.158. The first kappa shape index (κ1) is 19.3. The molecule has 2 aromatic carbocycles. The highest BCUT2D eigenvalue weighted by molar-refractivity contribution is 6.15. The van der Waals surface area contributed by atoms with Crippen molar-refractivity contribution in [1.82, 2.24) is 4.90 Å². The van der Waals surface area contributed by atoms with Crippen molar-refractivity contribution in [2.45, 2.75) is 24.9 Å². The van der Waals surface area contributed by atoms with E-state index in [4.69, 9.17) is 4.74 Å². The molecule has 0 N–H and O–H groups in total. The van der Waals surface area contributed by atoms with E-state index in [-0.39, 0.29) is 30.6 Å². The lowest BCUT2D eigenvalue weighted by Gasteiger charge is -2.46. The van der Waals surface area contributed by atoms with Crippen molar-refractivity contribution in [3.05, 3.63) is 59.7 Å². The molecular weight excluding hydrogens is 398 g/mol. The van der Waals surface area contributed by atoms with E-state index in [1.54, 1.807) is 29.2 Å². The number of amides is 3. The van der Waals surface area contributed by atoms with Crippen molar-refractivity contribution in [1.29, 1.82) is 0 Å². The molecular formula is C23H21N3O5. The molecule has 8 nitrogen and oxygen atoms in total. The second-order valence-electron chi connectivity index (χ2n) is 7.93. The molecule has 0 saturated carbocycles. The van der Waals surface area contributed by atoms with Crippen LogP contribution < -0.4 is 9.80 Å². The van der Waals surface area contributed by atoms with E-state index in [2.05, 4.69) is 0 Å². The number of anilines is 2. The highest BCUT2D eigenvalue weighted by atomic mass is 16.5. The molecule has 1 fully saturated rings. The number of rotatable bonds is 3. The molecule has 3 amide bonds. The molecule has 3 aliphatic heterocycles. The van der Waals surface area contributed by atoms with Gasteiger partial charge in [-0.05, 0) is 30.2 Å². The van der Waals surface area contributed by atoms with E-state index in [1.807, 2.05) is 24.3 Å². The Hall–Kier alpha value is -3.68. The molecule has 3 heterocycles. The standard InChI is InChI=1S/C23H21N3O5/c1-24-21(29)16-7-3-5-9-18(16)26-19(27)10-12-23(24,26)22(30)31-14-20(28)25-13-11-15-6-2-4-8-17(15)25/h2-9H,10-14H2,1H3/t23-/m0/s1. The number of hydrogen-bond donors (Lipinski definition) is 0. The number of carbonyl (C=O) groups excluding carboxylic acids is 4. The first-order valence-electron chi connectivity index (χ1n) is 10.2. The molecule has 8 heteroatoms. The number of nitrogens with zero attached hydrogens (tertiary/aromatic N) is 3. The van der Waals surface area contributed by atoms with Crippen LogP contribution in [0.2, 0.25) is 0 Å². The third-order valence-corrected chi connectivity index (χ3v) is 6.38. The highest BCUT2D eigenvalue weighted by Crippen LogP contribution is 2.44. The smallest absolute Gasteiger partial charge is 0.354 e. The topological polar surface area (TPSA) is 87.2 Å². The van der Waals surface area contributed by atoms with E-state index in [0.717, 1.165) is 17.7 Å². The summed E-state index contributed by atoms with van der Waals surface area (Å²) >= 11 is 0. The number of hydrogen-bond acceptors (Lipinski definition) is 5. The van der Waals surface area contributed by atoms with Crippen molar-refractivity contribution in [3.63, 3.8) is 0 Å². The minimum Gasteiger partial charge on any atom is -0.452 e. The molecule has 158 valence electrons. The van der Waals surface area contributed by atoms with E-state index in [1.165, 1.54) is 16.8 Å². The third kappa shape index (κ3) is 2.67. The molecule has 31 heavy (non-hydrogen) atoms. The highest BCUT2D eigenvalue weighted by Gasteiger charge is 2.60. The van der Waals surface area contributed by atoms with Gasteiger partial charge < -0.3 is 14.5 Å². The Balaban J connectivity index is 1.40. The summed E-state index contributed by atoms with van der Waals surface area (Å²) in [5.41, 5.74) is 1.06. The van der Waals surface area contributed by atoms with Crippen LogP contribution >= 0.6 is 0 Å². The molecule has 0 spiro atoms. The number of ether oxygens (including phenoxy) is 1. The molecule has 0 unspecified atom stereocenters. The number of para-hydroxylation sites is 2. The summed E-state index contributed by atoms with van der Waals surface area (Å²) in [5.74, 6) is -1.73. The summed E-state index contributed by atoms with van der Waals surface area (Å²) in [6.45, 7) is 0.0673. The lowest BCUT2D eigenvalue weighted by Crippen LogP contribution is -2.67. The van der Waals surface area contributed by atoms with Gasteiger partial charge in [0.2, 0.25) is 11.6 Å². The minimum absolute atomic E-state index is 0.106. The van der Waals surface area contributed by atoms with Gasteiger partial charge in [-0.2, -0.15) is 0 Å². The van der Waals surface area contributed by atoms with E-state index < -0.39 is 18.2 Å². The van der Waals surface area contributed by atoms with Crippen LogP contribution in [0.3, 0.4) is 0 Å². The van der Waals surface area contributed by atoms with Crippen LogP contribution in [0.5, 0.6) is 0 Å². The molecule has 0 bridgehead atoms. The number of carbonyl (C=O) groups is 4. The number of likely N-dealkylation sites (N-methyl/N-ethyl adjacent to an activating group) is 1. The van der Waals surface area contributed by atoms with Crippen LogP contribution in [0.25, 0.3) is 0 Å². The first-order valence-corrected chi connectivity index (χ1v) is 10.2. The molecule has 1 saturated heterocycles. The Morgan fingerprint density at radius 2 is 1.71 bits per heavy atom. The molecule has 0 radical (unpaired) electrons. The van der Waals surface area contributed by atoms with E-state index in [0.29, 0.717) is 17.8 Å². The average Bonchev–Trinajstić information content (AvgIpc) is 3.38. The summed E-state index contributed by atoms with van der Waals surface area (Å²) in [6.07, 6.45) is 0.965. The zero-order valence-corrected chi connectivity index (χ0v) is 17.0. The molecule has 5 rings (SSSR count). The fraction of sp³-hybridized carbons (Fsp3) is 0.304. The Morgan fingerprint density at radius 1 is 1.00 bits per heavy atom. The minimum atomic E-state index is -1.58. The molecule has 0 aromatic heterocycles. The van der Waals surface area contributed by atoms with Gasteiger partial charge in [0.25, 0.3) is 11.8 Å². The predicted octanol–water partition coefficient (Wildman–Crippen LogP) is 1.73. The molecule has 0 aliphatic carbocycles. The Labute approximate surface area is 179 Å². The quantitative estimate of drug-likeness (QED) is 0.707. The first-order chi connectivity index (χ1) is 14.9. The maximum absolute atomic E-state index is 13.3. The van der Waals surface area contributed by atoms with Crippen LogP contribution in [0, 0.1) is 0 Å². The van der Waals surface area contributed by atoms with Crippen LogP contribution in [0.15, 0.2) is 48.5 Å². The van der Waals surface area contributed by atoms with Crippen LogP contribution in [-0.2, 0) is 25.5 Å². The monoisotopic (exact) mass is 419 g/mol. The van der Waals surface area contributed by atoms with Gasteiger partial charge in [0, 0.05) is 32.1 Å². The van der Waals surface area contributed by atoms with Crippen molar-refractivity contribution >= 4 is 35.1 Å². The molecule has 3 aliphatic rings. The summed E-state index contributed by atoms with van der Waals surface area (Å²) in [4.78, 5) is 56.0. The maximum atomic E-state index is 13.3. The summed E-state index contributed by atoms with van der Waals surface area (Å²) < 4.78 is 5.44. The molecule has 2 aromatic rings. The largest absolute Gasteiger partial charge is 0.452 e. The van der Waals surface area contributed by atoms with E-state index >= 15 is 0 Å². The average molecular weight is 419 g/mol. The zero-order chi connectivity index (χ0) is 21.8. The molecule has 1 atom stereocenters. The maximum Gasteiger partial charge on any atom is 0.354 e. The Kier molecular flexibility index (Phi) is 4.32. The normalized spacial score (nSPS) is 21.6.